The predicted molar refractivity (Wildman–Crippen MR) is 84.9 cm³/mol. The lowest BCUT2D eigenvalue weighted by molar-refractivity contribution is -0.115. The van der Waals surface area contributed by atoms with Crippen LogP contribution in [-0.4, -0.2) is 5.91 Å². The van der Waals surface area contributed by atoms with Crippen LogP contribution in [-0.2, 0) is 11.2 Å². The number of nitrogens with one attached hydrogen (secondary N) is 1. The molecular formula is C15H13BrFNOS. The quantitative estimate of drug-likeness (QED) is 0.788. The van der Waals surface area contributed by atoms with Gasteiger partial charge in [-0.1, -0.05) is 12.1 Å². The van der Waals surface area contributed by atoms with E-state index in [0.717, 1.165) is 10.5 Å². The number of carbonyl (C=O) groups is 1. The lowest BCUT2D eigenvalue weighted by atomic mass is 10.1. The summed E-state index contributed by atoms with van der Waals surface area (Å²) < 4.78 is 13.6. The van der Waals surface area contributed by atoms with Crippen LogP contribution in [0.4, 0.5) is 10.1 Å². The van der Waals surface area contributed by atoms with E-state index >= 15 is 0 Å². The Morgan fingerprint density at radius 2 is 1.95 bits per heavy atom. The molecule has 0 saturated heterocycles. The molecule has 0 spiro atoms. The minimum atomic E-state index is -0.343. The summed E-state index contributed by atoms with van der Waals surface area (Å²) in [7, 11) is 0. The molecule has 104 valence electrons. The second-order valence-corrected chi connectivity index (χ2v) is 5.84. The molecule has 0 aliphatic rings. The largest absolute Gasteiger partial charge is 0.326 e. The smallest absolute Gasteiger partial charge is 0.228 e. The zero-order chi connectivity index (χ0) is 14.7. The van der Waals surface area contributed by atoms with E-state index in [4.69, 9.17) is 0 Å². The van der Waals surface area contributed by atoms with Crippen molar-refractivity contribution in [2.24, 2.45) is 0 Å². The van der Waals surface area contributed by atoms with Crippen molar-refractivity contribution in [3.8, 4) is 0 Å². The molecule has 0 radical (unpaired) electrons. The van der Waals surface area contributed by atoms with Crippen molar-refractivity contribution >= 4 is 40.2 Å². The van der Waals surface area contributed by atoms with Crippen molar-refractivity contribution in [3.63, 3.8) is 0 Å². The van der Waals surface area contributed by atoms with Crippen LogP contribution in [0.3, 0.4) is 0 Å². The summed E-state index contributed by atoms with van der Waals surface area (Å²) in [5.41, 5.74) is 2.19. The normalized spacial score (nSPS) is 10.4. The standard InChI is InChI=1S/C15H13BrFNOS/c1-9-6-13(17)12(16)8-14(9)18-15(19)7-10-2-4-11(20)5-3-10/h2-6,8,20H,7H2,1H3,(H,18,19). The van der Waals surface area contributed by atoms with E-state index in [-0.39, 0.29) is 18.1 Å². The molecule has 0 aliphatic carbocycles. The van der Waals surface area contributed by atoms with E-state index in [1.165, 1.54) is 6.07 Å². The van der Waals surface area contributed by atoms with Crippen molar-refractivity contribution in [2.45, 2.75) is 18.2 Å². The highest BCUT2D eigenvalue weighted by molar-refractivity contribution is 9.10. The average Bonchev–Trinajstić information content (AvgIpc) is 2.39. The number of benzene rings is 2. The third kappa shape index (κ3) is 3.84. The average molecular weight is 354 g/mol. The van der Waals surface area contributed by atoms with Crippen LogP contribution in [0.5, 0.6) is 0 Å². The summed E-state index contributed by atoms with van der Waals surface area (Å²) in [6.45, 7) is 1.75. The summed E-state index contributed by atoms with van der Waals surface area (Å²) in [6.07, 6.45) is 0.266. The molecular weight excluding hydrogens is 341 g/mol. The zero-order valence-electron chi connectivity index (χ0n) is 10.8. The predicted octanol–water partition coefficient (Wildman–Crippen LogP) is 4.37. The maximum absolute atomic E-state index is 13.3. The van der Waals surface area contributed by atoms with Crippen molar-refractivity contribution < 1.29 is 9.18 Å². The number of carbonyl (C=O) groups excluding carboxylic acids is 1. The Kier molecular flexibility index (Phi) is 4.83. The summed E-state index contributed by atoms with van der Waals surface area (Å²) in [5.74, 6) is -0.483. The van der Waals surface area contributed by atoms with E-state index in [1.54, 1.807) is 13.0 Å². The summed E-state index contributed by atoms with van der Waals surface area (Å²) in [5, 5.41) is 2.79. The fourth-order valence-corrected chi connectivity index (χ4v) is 2.27. The summed E-state index contributed by atoms with van der Waals surface area (Å²) in [4.78, 5) is 12.8. The maximum atomic E-state index is 13.3. The topological polar surface area (TPSA) is 29.1 Å². The molecule has 0 saturated carbocycles. The third-order valence-corrected chi connectivity index (χ3v) is 3.75. The van der Waals surface area contributed by atoms with Crippen molar-refractivity contribution in [1.82, 2.24) is 0 Å². The fraction of sp³-hybridized carbons (Fsp3) is 0.133. The Morgan fingerprint density at radius 1 is 1.30 bits per heavy atom. The van der Waals surface area contributed by atoms with E-state index in [1.807, 2.05) is 24.3 Å². The van der Waals surface area contributed by atoms with E-state index in [9.17, 15) is 9.18 Å². The van der Waals surface area contributed by atoms with Crippen molar-refractivity contribution in [3.05, 3.63) is 57.8 Å². The van der Waals surface area contributed by atoms with E-state index in [0.29, 0.717) is 15.7 Å². The molecule has 0 heterocycles. The molecule has 0 aromatic heterocycles. The van der Waals surface area contributed by atoms with Crippen LogP contribution in [0, 0.1) is 12.7 Å². The maximum Gasteiger partial charge on any atom is 0.228 e. The molecule has 0 fully saturated rings. The van der Waals surface area contributed by atoms with Gasteiger partial charge < -0.3 is 5.32 Å². The monoisotopic (exact) mass is 353 g/mol. The SMILES string of the molecule is Cc1cc(F)c(Br)cc1NC(=O)Cc1ccc(S)cc1. The number of halogens is 2. The molecule has 2 nitrogen and oxygen atoms in total. The number of amides is 1. The van der Waals surface area contributed by atoms with Crippen LogP contribution in [0.25, 0.3) is 0 Å². The molecule has 0 atom stereocenters. The molecule has 0 aliphatic heterocycles. The second-order valence-electron chi connectivity index (χ2n) is 4.47. The number of thiol groups is 1. The van der Waals surface area contributed by atoms with Gasteiger partial charge in [-0.2, -0.15) is 0 Å². The first-order valence-corrected chi connectivity index (χ1v) is 7.23. The van der Waals surface area contributed by atoms with Crippen LogP contribution < -0.4 is 5.32 Å². The van der Waals surface area contributed by atoms with Gasteiger partial charge in [0, 0.05) is 10.6 Å². The van der Waals surface area contributed by atoms with Gasteiger partial charge in [0.05, 0.1) is 10.9 Å². The molecule has 1 N–H and O–H groups in total. The first-order valence-electron chi connectivity index (χ1n) is 5.99. The van der Waals surface area contributed by atoms with Crippen LogP contribution in [0.2, 0.25) is 0 Å². The van der Waals surface area contributed by atoms with Gasteiger partial charge in [0.2, 0.25) is 5.91 Å². The van der Waals surface area contributed by atoms with Gasteiger partial charge in [-0.15, -0.1) is 12.6 Å². The Bertz CT molecular complexity index is 643. The highest BCUT2D eigenvalue weighted by atomic mass is 79.9. The Hall–Kier alpha value is -1.33. The molecule has 0 unspecified atom stereocenters. The van der Waals surface area contributed by atoms with Gasteiger partial charge in [-0.3, -0.25) is 4.79 Å². The Balaban J connectivity index is 2.08. The van der Waals surface area contributed by atoms with Crippen LogP contribution in [0.15, 0.2) is 45.8 Å². The number of rotatable bonds is 3. The Morgan fingerprint density at radius 3 is 2.60 bits per heavy atom. The summed E-state index contributed by atoms with van der Waals surface area (Å²) >= 11 is 7.31. The van der Waals surface area contributed by atoms with Gasteiger partial charge in [-0.25, -0.2) is 4.39 Å². The lowest BCUT2D eigenvalue weighted by Crippen LogP contribution is -2.15. The van der Waals surface area contributed by atoms with Gasteiger partial charge in [0.1, 0.15) is 5.82 Å². The van der Waals surface area contributed by atoms with E-state index < -0.39 is 0 Å². The third-order valence-electron chi connectivity index (χ3n) is 2.84. The molecule has 2 rings (SSSR count). The van der Waals surface area contributed by atoms with Crippen LogP contribution in [0.1, 0.15) is 11.1 Å². The summed E-state index contributed by atoms with van der Waals surface area (Å²) in [6, 6.07) is 10.3. The van der Waals surface area contributed by atoms with Gasteiger partial charge in [0.25, 0.3) is 0 Å². The van der Waals surface area contributed by atoms with E-state index in [2.05, 4.69) is 33.9 Å². The number of hydrogen-bond acceptors (Lipinski definition) is 2. The molecule has 2 aromatic rings. The minimum absolute atomic E-state index is 0.140. The zero-order valence-corrected chi connectivity index (χ0v) is 13.3. The van der Waals surface area contributed by atoms with Crippen molar-refractivity contribution in [1.29, 1.82) is 0 Å². The fourth-order valence-electron chi connectivity index (χ4n) is 1.77. The van der Waals surface area contributed by atoms with Crippen LogP contribution >= 0.6 is 28.6 Å². The molecule has 0 bridgehead atoms. The lowest BCUT2D eigenvalue weighted by Gasteiger charge is -2.10. The number of hydrogen-bond donors (Lipinski definition) is 2. The number of aryl methyl sites for hydroxylation is 1. The molecule has 2 aromatic carbocycles. The van der Waals surface area contributed by atoms with Crippen molar-refractivity contribution in [2.75, 3.05) is 5.32 Å². The highest BCUT2D eigenvalue weighted by Gasteiger charge is 2.09. The van der Waals surface area contributed by atoms with Gasteiger partial charge in [0.15, 0.2) is 0 Å². The molecule has 20 heavy (non-hydrogen) atoms. The first kappa shape index (κ1) is 15.1. The second kappa shape index (κ2) is 6.41. The first-order chi connectivity index (χ1) is 9.45. The molecule has 1 amide bonds. The minimum Gasteiger partial charge on any atom is -0.326 e. The van der Waals surface area contributed by atoms with Gasteiger partial charge in [-0.05, 0) is 58.2 Å². The highest BCUT2D eigenvalue weighted by Crippen LogP contribution is 2.24. The Labute approximate surface area is 130 Å². The number of anilines is 1. The van der Waals surface area contributed by atoms with Gasteiger partial charge >= 0.3 is 0 Å². The molecule has 5 heteroatoms.